The highest BCUT2D eigenvalue weighted by Gasteiger charge is 2.27. The number of carboxylic acid groups (broad SMARTS) is 1. The second-order valence-electron chi connectivity index (χ2n) is 4.60. The molecule has 0 unspecified atom stereocenters. The van der Waals surface area contributed by atoms with Gasteiger partial charge in [-0.15, -0.1) is 11.3 Å². The van der Waals surface area contributed by atoms with Crippen molar-refractivity contribution in [1.29, 1.82) is 0 Å². The molecule has 7 heteroatoms. The van der Waals surface area contributed by atoms with Crippen LogP contribution < -0.4 is 5.32 Å². The van der Waals surface area contributed by atoms with E-state index in [0.29, 0.717) is 10.8 Å². The van der Waals surface area contributed by atoms with Crippen molar-refractivity contribution in [3.8, 4) is 10.6 Å². The molecule has 0 aromatic carbocycles. The van der Waals surface area contributed by atoms with Gasteiger partial charge in [0.1, 0.15) is 10.6 Å². The first-order valence-electron chi connectivity index (χ1n) is 6.24. The number of rotatable bonds is 4. The predicted molar refractivity (Wildman–Crippen MR) is 78.4 cm³/mol. The molecule has 2 aromatic rings. The molecular formula is C13H12N2O3S2. The third-order valence-electron chi connectivity index (χ3n) is 3.28. The number of nitrogens with one attached hydrogen (secondary N) is 1. The van der Waals surface area contributed by atoms with E-state index in [-0.39, 0.29) is 16.7 Å². The maximum Gasteiger partial charge on any atom is 0.348 e. The highest BCUT2D eigenvalue weighted by molar-refractivity contribution is 7.19. The molecule has 1 amide bonds. The smallest absolute Gasteiger partial charge is 0.348 e. The monoisotopic (exact) mass is 308 g/mol. The van der Waals surface area contributed by atoms with E-state index in [2.05, 4.69) is 10.3 Å². The van der Waals surface area contributed by atoms with Crippen molar-refractivity contribution >= 4 is 39.7 Å². The average Bonchev–Trinajstić information content (AvgIpc) is 2.93. The number of thiophene rings is 1. The Morgan fingerprint density at radius 2 is 2.20 bits per heavy atom. The van der Waals surface area contributed by atoms with Crippen molar-refractivity contribution < 1.29 is 14.7 Å². The van der Waals surface area contributed by atoms with Crippen molar-refractivity contribution in [2.45, 2.75) is 19.3 Å². The average molecular weight is 308 g/mol. The summed E-state index contributed by atoms with van der Waals surface area (Å²) in [4.78, 5) is 28.4. The molecule has 1 fully saturated rings. The quantitative estimate of drug-likeness (QED) is 0.908. The lowest BCUT2D eigenvalue weighted by Gasteiger charge is -2.23. The number of nitrogens with zero attached hydrogens (tertiary/aromatic N) is 1. The zero-order valence-electron chi connectivity index (χ0n) is 10.5. The summed E-state index contributed by atoms with van der Waals surface area (Å²) >= 11 is 2.44. The van der Waals surface area contributed by atoms with E-state index in [1.54, 1.807) is 0 Å². The zero-order valence-corrected chi connectivity index (χ0v) is 12.1. The summed E-state index contributed by atoms with van der Waals surface area (Å²) in [6.45, 7) is 0. The van der Waals surface area contributed by atoms with Crippen LogP contribution in [0, 0.1) is 5.92 Å². The molecule has 0 aliphatic heterocycles. The Kier molecular flexibility index (Phi) is 3.54. The van der Waals surface area contributed by atoms with Crippen LogP contribution in [0.4, 0.5) is 5.13 Å². The molecule has 1 aliphatic rings. The molecule has 1 saturated carbocycles. The maximum absolute atomic E-state index is 11.9. The van der Waals surface area contributed by atoms with Crippen LogP contribution in [0.1, 0.15) is 28.9 Å². The normalized spacial score (nSPS) is 14.8. The van der Waals surface area contributed by atoms with Crippen LogP contribution in [0.5, 0.6) is 0 Å². The second kappa shape index (κ2) is 5.34. The molecule has 0 bridgehead atoms. The van der Waals surface area contributed by atoms with Gasteiger partial charge in [-0.1, -0.05) is 23.8 Å². The largest absolute Gasteiger partial charge is 0.477 e. The van der Waals surface area contributed by atoms with Gasteiger partial charge < -0.3 is 10.4 Å². The minimum absolute atomic E-state index is 0.0531. The lowest BCUT2D eigenvalue weighted by atomic mass is 9.85. The Hall–Kier alpha value is -1.73. The molecule has 5 nitrogen and oxygen atoms in total. The van der Waals surface area contributed by atoms with Crippen LogP contribution in [0.3, 0.4) is 0 Å². The number of aromatic carboxylic acids is 1. The number of aromatic nitrogens is 1. The van der Waals surface area contributed by atoms with Gasteiger partial charge in [-0.2, -0.15) is 0 Å². The molecule has 2 N–H and O–H groups in total. The molecule has 0 saturated heterocycles. The maximum atomic E-state index is 11.9. The third-order valence-corrected chi connectivity index (χ3v) is 5.12. The standard InChI is InChI=1S/C13H12N2O3S2/c16-11(7-3-1-4-7)15-13-14-9(8-5-2-6-19-8)10(20-13)12(17)18/h2,5-7H,1,3-4H2,(H,17,18)(H,14,15,16). The van der Waals surface area contributed by atoms with Crippen LogP contribution >= 0.6 is 22.7 Å². The molecule has 3 rings (SSSR count). The number of carboxylic acids is 1. The van der Waals surface area contributed by atoms with Crippen LogP contribution in [-0.4, -0.2) is 22.0 Å². The first-order chi connectivity index (χ1) is 9.65. The van der Waals surface area contributed by atoms with Gasteiger partial charge in [0, 0.05) is 5.92 Å². The Bertz CT molecular complexity index is 645. The van der Waals surface area contributed by atoms with Crippen LogP contribution in [-0.2, 0) is 4.79 Å². The van der Waals surface area contributed by atoms with E-state index in [9.17, 15) is 14.7 Å². The number of thiazole rings is 1. The van der Waals surface area contributed by atoms with Gasteiger partial charge in [0.25, 0.3) is 0 Å². The lowest BCUT2D eigenvalue weighted by Crippen LogP contribution is -2.27. The Balaban J connectivity index is 1.87. The minimum Gasteiger partial charge on any atom is -0.477 e. The van der Waals surface area contributed by atoms with Crippen molar-refractivity contribution in [2.75, 3.05) is 5.32 Å². The van der Waals surface area contributed by atoms with Gasteiger partial charge in [0.2, 0.25) is 5.91 Å². The van der Waals surface area contributed by atoms with Gasteiger partial charge in [-0.25, -0.2) is 9.78 Å². The molecular weight excluding hydrogens is 296 g/mol. The zero-order chi connectivity index (χ0) is 14.1. The van der Waals surface area contributed by atoms with E-state index >= 15 is 0 Å². The van der Waals surface area contributed by atoms with Gasteiger partial charge in [0.05, 0.1) is 4.88 Å². The summed E-state index contributed by atoms with van der Waals surface area (Å²) in [7, 11) is 0. The number of hydrogen-bond donors (Lipinski definition) is 2. The summed E-state index contributed by atoms with van der Waals surface area (Å²) in [5, 5.41) is 14.2. The fraction of sp³-hybridized carbons (Fsp3) is 0.308. The first kappa shape index (κ1) is 13.3. The Morgan fingerprint density at radius 1 is 1.40 bits per heavy atom. The number of amides is 1. The van der Waals surface area contributed by atoms with Gasteiger partial charge >= 0.3 is 5.97 Å². The van der Waals surface area contributed by atoms with Gasteiger partial charge in [0.15, 0.2) is 5.13 Å². The number of carbonyl (C=O) groups excluding carboxylic acids is 1. The van der Waals surface area contributed by atoms with Crippen LogP contribution in [0.2, 0.25) is 0 Å². The number of hydrogen-bond acceptors (Lipinski definition) is 5. The van der Waals surface area contributed by atoms with E-state index in [0.717, 1.165) is 35.5 Å². The molecule has 0 atom stereocenters. The summed E-state index contributed by atoms with van der Waals surface area (Å²) in [6, 6.07) is 3.67. The predicted octanol–water partition coefficient (Wildman–Crippen LogP) is 3.31. The lowest BCUT2D eigenvalue weighted by molar-refractivity contribution is -0.122. The molecule has 0 spiro atoms. The summed E-state index contributed by atoms with van der Waals surface area (Å²) < 4.78 is 0. The Labute approximate surface area is 123 Å². The summed E-state index contributed by atoms with van der Waals surface area (Å²) in [5.74, 6) is -1.02. The highest BCUT2D eigenvalue weighted by Crippen LogP contribution is 2.35. The van der Waals surface area contributed by atoms with E-state index in [1.165, 1.54) is 11.3 Å². The first-order valence-corrected chi connectivity index (χ1v) is 7.93. The fourth-order valence-electron chi connectivity index (χ4n) is 1.98. The van der Waals surface area contributed by atoms with Crippen molar-refractivity contribution in [2.24, 2.45) is 5.92 Å². The van der Waals surface area contributed by atoms with Gasteiger partial charge in [-0.3, -0.25) is 4.79 Å². The summed E-state index contributed by atoms with van der Waals surface area (Å²) in [5.41, 5.74) is 0.432. The topological polar surface area (TPSA) is 79.3 Å². The van der Waals surface area contributed by atoms with E-state index in [1.807, 2.05) is 17.5 Å². The number of carbonyl (C=O) groups is 2. The molecule has 1 aliphatic carbocycles. The van der Waals surface area contributed by atoms with E-state index < -0.39 is 5.97 Å². The fourth-order valence-corrected chi connectivity index (χ4v) is 3.58. The SMILES string of the molecule is O=C(O)c1sc(NC(=O)C2CCC2)nc1-c1cccs1. The molecule has 0 radical (unpaired) electrons. The number of anilines is 1. The van der Waals surface area contributed by atoms with Crippen molar-refractivity contribution in [3.05, 3.63) is 22.4 Å². The van der Waals surface area contributed by atoms with Crippen molar-refractivity contribution in [1.82, 2.24) is 4.98 Å². The molecule has 2 heterocycles. The summed E-state index contributed by atoms with van der Waals surface area (Å²) in [6.07, 6.45) is 2.89. The highest BCUT2D eigenvalue weighted by atomic mass is 32.1. The minimum atomic E-state index is -1.02. The molecule has 104 valence electrons. The van der Waals surface area contributed by atoms with Crippen LogP contribution in [0.25, 0.3) is 10.6 Å². The third kappa shape index (κ3) is 2.46. The Morgan fingerprint density at radius 3 is 2.75 bits per heavy atom. The molecule has 20 heavy (non-hydrogen) atoms. The van der Waals surface area contributed by atoms with E-state index in [4.69, 9.17) is 0 Å². The second-order valence-corrected chi connectivity index (χ2v) is 6.54. The van der Waals surface area contributed by atoms with Crippen molar-refractivity contribution in [3.63, 3.8) is 0 Å². The van der Waals surface area contributed by atoms with Gasteiger partial charge in [-0.05, 0) is 24.3 Å². The molecule has 2 aromatic heterocycles. The van der Waals surface area contributed by atoms with Crippen LogP contribution in [0.15, 0.2) is 17.5 Å².